The fourth-order valence-electron chi connectivity index (χ4n) is 3.08. The summed E-state index contributed by atoms with van der Waals surface area (Å²) in [7, 11) is 4.95. The number of amides is 4. The van der Waals surface area contributed by atoms with Crippen LogP contribution in [-0.2, 0) is 9.59 Å². The second-order valence-electron chi connectivity index (χ2n) is 5.92. The van der Waals surface area contributed by atoms with Gasteiger partial charge in [0.15, 0.2) is 0 Å². The number of likely N-dealkylation sites (N-methyl/N-ethyl adjacent to an activating group) is 1. The zero-order valence-corrected chi connectivity index (χ0v) is 13.2. The van der Waals surface area contributed by atoms with Crippen molar-refractivity contribution in [1.82, 2.24) is 9.80 Å². The van der Waals surface area contributed by atoms with Crippen molar-refractivity contribution >= 4 is 29.3 Å². The molecule has 2 aliphatic heterocycles. The largest absolute Gasteiger partial charge is 0.377 e. The number of nitrogens with zero attached hydrogens (tertiary/aromatic N) is 3. The van der Waals surface area contributed by atoms with Crippen molar-refractivity contribution in [1.29, 1.82) is 0 Å². The van der Waals surface area contributed by atoms with E-state index in [-0.39, 0.29) is 18.7 Å². The number of anilines is 1. The highest BCUT2D eigenvalue weighted by Crippen LogP contribution is 2.33. The van der Waals surface area contributed by atoms with Crippen LogP contribution in [0.1, 0.15) is 33.6 Å². The molecule has 7 heteroatoms. The van der Waals surface area contributed by atoms with Gasteiger partial charge in [-0.2, -0.15) is 0 Å². The molecule has 2 aliphatic rings. The number of hydrogen-bond donors (Lipinski definition) is 0. The lowest BCUT2D eigenvalue weighted by molar-refractivity contribution is -0.149. The molecule has 0 spiro atoms. The molecule has 1 atom stereocenters. The van der Waals surface area contributed by atoms with Gasteiger partial charge in [0.05, 0.1) is 11.1 Å². The summed E-state index contributed by atoms with van der Waals surface area (Å²) in [6, 6.07) is 4.14. The smallest absolute Gasteiger partial charge is 0.264 e. The minimum atomic E-state index is -0.917. The molecule has 3 rings (SSSR count). The Bertz CT molecular complexity index is 741. The molecule has 0 N–H and O–H groups in total. The van der Waals surface area contributed by atoms with Crippen LogP contribution in [0.4, 0.5) is 5.69 Å². The van der Waals surface area contributed by atoms with E-state index in [1.165, 1.54) is 7.05 Å². The topological polar surface area (TPSA) is 78.0 Å². The van der Waals surface area contributed by atoms with Crippen LogP contribution in [0.15, 0.2) is 18.2 Å². The highest BCUT2D eigenvalue weighted by atomic mass is 16.2. The number of rotatable bonds is 2. The first-order valence-corrected chi connectivity index (χ1v) is 7.33. The molecule has 0 saturated carbocycles. The van der Waals surface area contributed by atoms with Crippen LogP contribution in [0, 0.1) is 0 Å². The normalized spacial score (nSPS) is 21.1. The van der Waals surface area contributed by atoms with Crippen LogP contribution in [0.5, 0.6) is 0 Å². The Hall–Kier alpha value is -2.70. The van der Waals surface area contributed by atoms with Gasteiger partial charge in [0, 0.05) is 33.3 Å². The number of fused-ring (bicyclic) bond motifs is 1. The van der Waals surface area contributed by atoms with E-state index >= 15 is 0 Å². The predicted octanol–water partition coefficient (Wildman–Crippen LogP) is 0.496. The van der Waals surface area contributed by atoms with E-state index in [1.54, 1.807) is 37.2 Å². The monoisotopic (exact) mass is 315 g/mol. The van der Waals surface area contributed by atoms with Gasteiger partial charge in [-0.05, 0) is 18.6 Å². The maximum absolute atomic E-state index is 12.8. The van der Waals surface area contributed by atoms with Crippen LogP contribution < -0.4 is 4.90 Å². The number of hydrogen-bond acceptors (Lipinski definition) is 5. The molecule has 0 bridgehead atoms. The van der Waals surface area contributed by atoms with Crippen LogP contribution in [-0.4, -0.2) is 60.6 Å². The number of piperidine rings is 1. The summed E-state index contributed by atoms with van der Waals surface area (Å²) < 4.78 is 0. The molecule has 1 aromatic carbocycles. The third-order valence-electron chi connectivity index (χ3n) is 4.34. The molecule has 1 aromatic rings. The first kappa shape index (κ1) is 15.2. The highest BCUT2D eigenvalue weighted by molar-refractivity contribution is 6.25. The molecule has 1 unspecified atom stereocenters. The number of benzene rings is 1. The lowest BCUT2D eigenvalue weighted by Gasteiger charge is -2.32. The molecule has 4 amide bonds. The summed E-state index contributed by atoms with van der Waals surface area (Å²) in [6.07, 6.45) is 0.311. The first-order chi connectivity index (χ1) is 10.8. The minimum absolute atomic E-state index is 0.140. The average Bonchev–Trinajstić information content (AvgIpc) is 2.77. The van der Waals surface area contributed by atoms with Crippen LogP contribution in [0.2, 0.25) is 0 Å². The maximum Gasteiger partial charge on any atom is 0.264 e. The Labute approximate surface area is 133 Å². The summed E-state index contributed by atoms with van der Waals surface area (Å²) in [4.78, 5) is 53.1. The lowest BCUT2D eigenvalue weighted by atomic mass is 10.0. The fourth-order valence-corrected chi connectivity index (χ4v) is 3.08. The third kappa shape index (κ3) is 2.11. The van der Waals surface area contributed by atoms with Crippen molar-refractivity contribution in [3.63, 3.8) is 0 Å². The zero-order valence-electron chi connectivity index (χ0n) is 13.2. The van der Waals surface area contributed by atoms with Gasteiger partial charge >= 0.3 is 0 Å². The zero-order chi connectivity index (χ0) is 16.9. The molecule has 0 aliphatic carbocycles. The average molecular weight is 315 g/mol. The van der Waals surface area contributed by atoms with E-state index in [2.05, 4.69) is 0 Å². The quantitative estimate of drug-likeness (QED) is 0.743. The van der Waals surface area contributed by atoms with E-state index < -0.39 is 23.8 Å². The Morgan fingerprint density at radius 2 is 1.78 bits per heavy atom. The van der Waals surface area contributed by atoms with Crippen LogP contribution in [0.3, 0.4) is 0 Å². The molecule has 0 aromatic heterocycles. The molecule has 2 heterocycles. The highest BCUT2D eigenvalue weighted by Gasteiger charge is 2.47. The van der Waals surface area contributed by atoms with Gasteiger partial charge in [0.1, 0.15) is 6.04 Å². The van der Waals surface area contributed by atoms with Crippen molar-refractivity contribution in [2.24, 2.45) is 0 Å². The molecule has 1 fully saturated rings. The van der Waals surface area contributed by atoms with Gasteiger partial charge in [-0.1, -0.05) is 6.07 Å². The number of carbonyl (C=O) groups is 4. The summed E-state index contributed by atoms with van der Waals surface area (Å²) >= 11 is 0. The predicted molar refractivity (Wildman–Crippen MR) is 82.1 cm³/mol. The molecule has 23 heavy (non-hydrogen) atoms. The first-order valence-electron chi connectivity index (χ1n) is 7.33. The van der Waals surface area contributed by atoms with Gasteiger partial charge in [-0.25, -0.2) is 0 Å². The van der Waals surface area contributed by atoms with E-state index in [0.29, 0.717) is 16.8 Å². The Balaban J connectivity index is 2.03. The fraction of sp³-hybridized carbons (Fsp3) is 0.375. The summed E-state index contributed by atoms with van der Waals surface area (Å²) in [5.41, 5.74) is 1.25. The molecule has 120 valence electrons. The Morgan fingerprint density at radius 3 is 2.43 bits per heavy atom. The van der Waals surface area contributed by atoms with E-state index in [9.17, 15) is 19.2 Å². The molecule has 1 saturated heterocycles. The Morgan fingerprint density at radius 1 is 1.09 bits per heavy atom. The van der Waals surface area contributed by atoms with Gasteiger partial charge in [-0.3, -0.25) is 29.0 Å². The van der Waals surface area contributed by atoms with Crippen molar-refractivity contribution < 1.29 is 19.2 Å². The van der Waals surface area contributed by atoms with Gasteiger partial charge < -0.3 is 4.90 Å². The van der Waals surface area contributed by atoms with E-state index in [1.807, 2.05) is 0 Å². The standard InChI is InChI=1S/C16H17N3O4/c1-17(2)10-6-4-5-9-13(10)16(23)19(14(9)21)11-7-8-12(20)18(3)15(11)22/h4-6,11H,7-8H2,1-3H3. The van der Waals surface area contributed by atoms with Crippen LogP contribution in [0.25, 0.3) is 0 Å². The molecule has 7 nitrogen and oxygen atoms in total. The number of imide groups is 2. The third-order valence-corrected chi connectivity index (χ3v) is 4.34. The number of likely N-dealkylation sites (tertiary alicyclic amines) is 1. The van der Waals surface area contributed by atoms with Crippen molar-refractivity contribution in [3.8, 4) is 0 Å². The Kier molecular flexibility index (Phi) is 3.43. The van der Waals surface area contributed by atoms with Crippen molar-refractivity contribution in [2.45, 2.75) is 18.9 Å². The van der Waals surface area contributed by atoms with Crippen molar-refractivity contribution in [2.75, 3.05) is 26.0 Å². The van der Waals surface area contributed by atoms with Gasteiger partial charge in [-0.15, -0.1) is 0 Å². The molecular weight excluding hydrogens is 298 g/mol. The maximum atomic E-state index is 12.8. The van der Waals surface area contributed by atoms with Gasteiger partial charge in [0.25, 0.3) is 17.7 Å². The van der Waals surface area contributed by atoms with E-state index in [4.69, 9.17) is 0 Å². The minimum Gasteiger partial charge on any atom is -0.377 e. The molecule has 0 radical (unpaired) electrons. The summed E-state index contributed by atoms with van der Waals surface area (Å²) in [5, 5.41) is 0. The second kappa shape index (κ2) is 5.19. The molecular formula is C16H17N3O4. The second-order valence-corrected chi connectivity index (χ2v) is 5.92. The SMILES string of the molecule is CN1C(=O)CCC(N2C(=O)c3cccc(N(C)C)c3C2=O)C1=O. The van der Waals surface area contributed by atoms with Gasteiger partial charge in [0.2, 0.25) is 5.91 Å². The van der Waals surface area contributed by atoms with Crippen molar-refractivity contribution in [3.05, 3.63) is 29.3 Å². The van der Waals surface area contributed by atoms with E-state index in [0.717, 1.165) is 9.80 Å². The van der Waals surface area contributed by atoms with Crippen LogP contribution >= 0.6 is 0 Å². The lowest BCUT2D eigenvalue weighted by Crippen LogP contribution is -2.54. The summed E-state index contributed by atoms with van der Waals surface area (Å²) in [6.45, 7) is 0. The number of carbonyl (C=O) groups excluding carboxylic acids is 4. The summed E-state index contributed by atoms with van der Waals surface area (Å²) in [5.74, 6) is -1.76.